The third-order valence-corrected chi connectivity index (χ3v) is 6.30. The lowest BCUT2D eigenvalue weighted by molar-refractivity contribution is 0.102. The van der Waals surface area contributed by atoms with Gasteiger partial charge in [-0.05, 0) is 36.2 Å². The fraction of sp³-hybridized carbons (Fsp3) is 0.300. The molecule has 7 heteroatoms. The summed E-state index contributed by atoms with van der Waals surface area (Å²) < 4.78 is 0. The van der Waals surface area contributed by atoms with E-state index >= 15 is 0 Å². The van der Waals surface area contributed by atoms with Crippen molar-refractivity contribution in [3.05, 3.63) is 70.4 Å². The highest BCUT2D eigenvalue weighted by Crippen LogP contribution is 2.46. The summed E-state index contributed by atoms with van der Waals surface area (Å²) >= 11 is 1.40. The Labute approximate surface area is 161 Å². The monoisotopic (exact) mass is 383 g/mol. The molecule has 4 rings (SSSR count). The highest BCUT2D eigenvalue weighted by Gasteiger charge is 2.43. The van der Waals surface area contributed by atoms with Crippen molar-refractivity contribution in [2.45, 2.75) is 17.9 Å². The number of anilines is 2. The first-order valence-electron chi connectivity index (χ1n) is 8.68. The summed E-state index contributed by atoms with van der Waals surface area (Å²) in [5.74, 6) is 0. The zero-order chi connectivity index (χ0) is 19.1. The van der Waals surface area contributed by atoms with Gasteiger partial charge in [0, 0.05) is 41.9 Å². The molecule has 1 aliphatic rings. The minimum atomic E-state index is -1.23. The molecule has 0 radical (unpaired) electrons. The average Bonchev–Trinajstić information content (AvgIpc) is 3.35. The lowest BCUT2D eigenvalue weighted by Crippen LogP contribution is -2.38. The molecule has 2 aromatic heterocycles. The number of rotatable bonds is 5. The number of benzene rings is 1. The van der Waals surface area contributed by atoms with Gasteiger partial charge in [-0.25, -0.2) is 4.98 Å². The molecule has 0 fully saturated rings. The van der Waals surface area contributed by atoms with Crippen LogP contribution in [-0.4, -0.2) is 45.0 Å². The fourth-order valence-corrected chi connectivity index (χ4v) is 4.36. The molecule has 1 aromatic carbocycles. The van der Waals surface area contributed by atoms with Crippen LogP contribution in [0.3, 0.4) is 0 Å². The molecule has 0 spiro atoms. The molecule has 0 amide bonds. The van der Waals surface area contributed by atoms with E-state index in [1.807, 2.05) is 40.6 Å². The molecule has 1 aliphatic heterocycles. The lowest BCUT2D eigenvalue weighted by Gasteiger charge is -2.26. The summed E-state index contributed by atoms with van der Waals surface area (Å²) in [5, 5.41) is 33.7. The summed E-state index contributed by atoms with van der Waals surface area (Å²) in [7, 11) is 0. The molecule has 3 heterocycles. The quantitative estimate of drug-likeness (QED) is 0.626. The third kappa shape index (κ3) is 2.83. The smallest absolute Gasteiger partial charge is 0.138 e. The van der Waals surface area contributed by atoms with Crippen LogP contribution >= 0.6 is 11.3 Å². The molecule has 140 valence electrons. The molecule has 27 heavy (non-hydrogen) atoms. The van der Waals surface area contributed by atoms with E-state index < -0.39 is 11.0 Å². The van der Waals surface area contributed by atoms with Crippen molar-refractivity contribution in [1.29, 1.82) is 0 Å². The van der Waals surface area contributed by atoms with Crippen molar-refractivity contribution in [2.75, 3.05) is 24.7 Å². The van der Waals surface area contributed by atoms with Crippen molar-refractivity contribution in [3.63, 3.8) is 0 Å². The van der Waals surface area contributed by atoms with E-state index in [-0.39, 0.29) is 13.2 Å². The molecule has 3 aromatic rings. The second-order valence-electron chi connectivity index (χ2n) is 7.03. The normalized spacial score (nSPS) is 17.6. The van der Waals surface area contributed by atoms with Crippen molar-refractivity contribution < 1.29 is 15.3 Å². The second-order valence-corrected chi connectivity index (χ2v) is 7.92. The topological polar surface area (TPSA) is 89.7 Å². The van der Waals surface area contributed by atoms with E-state index in [9.17, 15) is 15.3 Å². The Kier molecular flexibility index (Phi) is 4.47. The van der Waals surface area contributed by atoms with Crippen molar-refractivity contribution in [2.24, 2.45) is 0 Å². The van der Waals surface area contributed by atoms with Gasteiger partial charge >= 0.3 is 0 Å². The molecule has 6 nitrogen and oxygen atoms in total. The first-order valence-corrected chi connectivity index (χ1v) is 9.56. The Morgan fingerprint density at radius 3 is 2.52 bits per heavy atom. The highest BCUT2D eigenvalue weighted by atomic mass is 32.1. The average molecular weight is 383 g/mol. The number of hydrogen-bond acceptors (Lipinski definition) is 7. The molecule has 0 bridgehead atoms. The molecular weight excluding hydrogens is 362 g/mol. The summed E-state index contributed by atoms with van der Waals surface area (Å²) in [6.07, 6.45) is 5.10. The predicted molar refractivity (Wildman–Crippen MR) is 104 cm³/mol. The Morgan fingerprint density at radius 2 is 1.89 bits per heavy atom. The lowest BCUT2D eigenvalue weighted by atomic mass is 9.82. The fourth-order valence-electron chi connectivity index (χ4n) is 3.64. The molecule has 1 atom stereocenters. The van der Waals surface area contributed by atoms with Crippen LogP contribution in [0.2, 0.25) is 0 Å². The van der Waals surface area contributed by atoms with Gasteiger partial charge in [0.25, 0.3) is 0 Å². The Hall–Kier alpha value is -2.32. The predicted octanol–water partition coefficient (Wildman–Crippen LogP) is 2.17. The first-order chi connectivity index (χ1) is 13.0. The third-order valence-electron chi connectivity index (χ3n) is 5.31. The van der Waals surface area contributed by atoms with E-state index in [4.69, 9.17) is 0 Å². The van der Waals surface area contributed by atoms with E-state index in [1.165, 1.54) is 11.3 Å². The number of aliphatic hydroxyl groups is 3. The van der Waals surface area contributed by atoms with Gasteiger partial charge in [-0.3, -0.25) is 4.98 Å². The SMILES string of the molecule is CC(O)(c1ccc2c(c1)N(c1ccncc1)CC2(CO)CO)c1nccs1. The van der Waals surface area contributed by atoms with Gasteiger partial charge in [-0.15, -0.1) is 11.3 Å². The van der Waals surface area contributed by atoms with Crippen LogP contribution in [0.25, 0.3) is 0 Å². The van der Waals surface area contributed by atoms with Crippen molar-refractivity contribution >= 4 is 22.7 Å². The summed E-state index contributed by atoms with van der Waals surface area (Å²) in [5.41, 5.74) is 1.37. The van der Waals surface area contributed by atoms with Gasteiger partial charge in [-0.1, -0.05) is 12.1 Å². The first kappa shape index (κ1) is 18.1. The standard InChI is InChI=1S/C20H21N3O3S/c1-19(26,18-22-8-9-27-18)14-2-3-16-17(10-14)23(11-20(16,12-24)13-25)15-4-6-21-7-5-15/h2-10,24-26H,11-13H2,1H3. The number of thiazole rings is 1. The van der Waals surface area contributed by atoms with E-state index in [0.29, 0.717) is 17.1 Å². The van der Waals surface area contributed by atoms with E-state index in [0.717, 1.165) is 16.9 Å². The van der Waals surface area contributed by atoms with Gasteiger partial charge in [-0.2, -0.15) is 0 Å². The molecule has 3 N–H and O–H groups in total. The van der Waals surface area contributed by atoms with Crippen LogP contribution < -0.4 is 4.90 Å². The Bertz CT molecular complexity index is 925. The molecule has 1 unspecified atom stereocenters. The summed E-state index contributed by atoms with van der Waals surface area (Å²) in [6.45, 7) is 1.84. The maximum absolute atomic E-state index is 11.1. The molecule has 0 saturated heterocycles. The minimum absolute atomic E-state index is 0.166. The van der Waals surface area contributed by atoms with Crippen LogP contribution in [0.15, 0.2) is 54.3 Å². The molecule has 0 saturated carbocycles. The van der Waals surface area contributed by atoms with Crippen LogP contribution in [0.4, 0.5) is 11.4 Å². The van der Waals surface area contributed by atoms with Gasteiger partial charge < -0.3 is 20.2 Å². The Balaban J connectivity index is 1.86. The largest absolute Gasteiger partial charge is 0.395 e. The molecular formula is C20H21N3O3S. The number of hydrogen-bond donors (Lipinski definition) is 3. The van der Waals surface area contributed by atoms with Crippen molar-refractivity contribution in [3.8, 4) is 0 Å². The number of pyridine rings is 1. The van der Waals surface area contributed by atoms with Gasteiger partial charge in [0.2, 0.25) is 0 Å². The minimum Gasteiger partial charge on any atom is -0.395 e. The maximum Gasteiger partial charge on any atom is 0.138 e. The summed E-state index contributed by atoms with van der Waals surface area (Å²) in [6, 6.07) is 9.43. The second kappa shape index (κ2) is 6.69. The zero-order valence-electron chi connectivity index (χ0n) is 14.9. The van der Waals surface area contributed by atoms with Crippen LogP contribution in [0.1, 0.15) is 23.1 Å². The number of aromatic nitrogens is 2. The number of fused-ring (bicyclic) bond motifs is 1. The van der Waals surface area contributed by atoms with Gasteiger partial charge in [0.05, 0.1) is 18.6 Å². The van der Waals surface area contributed by atoms with Crippen LogP contribution in [-0.2, 0) is 11.0 Å². The number of aliphatic hydroxyl groups excluding tert-OH is 2. The van der Waals surface area contributed by atoms with Crippen LogP contribution in [0, 0.1) is 0 Å². The summed E-state index contributed by atoms with van der Waals surface area (Å²) in [4.78, 5) is 10.4. The zero-order valence-corrected chi connectivity index (χ0v) is 15.7. The van der Waals surface area contributed by atoms with E-state index in [1.54, 1.807) is 25.5 Å². The van der Waals surface area contributed by atoms with E-state index in [2.05, 4.69) is 9.97 Å². The Morgan fingerprint density at radius 1 is 1.15 bits per heavy atom. The maximum atomic E-state index is 11.1. The van der Waals surface area contributed by atoms with Crippen molar-refractivity contribution in [1.82, 2.24) is 9.97 Å². The molecule has 0 aliphatic carbocycles. The highest BCUT2D eigenvalue weighted by molar-refractivity contribution is 7.09. The number of nitrogens with zero attached hydrogens (tertiary/aromatic N) is 3. The van der Waals surface area contributed by atoms with Gasteiger partial charge in [0.1, 0.15) is 10.6 Å². The van der Waals surface area contributed by atoms with Crippen LogP contribution in [0.5, 0.6) is 0 Å². The van der Waals surface area contributed by atoms with Gasteiger partial charge in [0.15, 0.2) is 0 Å².